The fourth-order valence-electron chi connectivity index (χ4n) is 1.87. The average molecular weight is 278 g/mol. The Morgan fingerprint density at radius 3 is 2.44 bits per heavy atom. The van der Waals surface area contributed by atoms with Crippen molar-refractivity contribution in [1.29, 1.82) is 0 Å². The van der Waals surface area contributed by atoms with Crippen LogP contribution >= 0.6 is 0 Å². The number of rotatable bonds is 1. The Bertz CT molecular complexity index is 506. The predicted octanol–water partition coefficient (Wildman–Crippen LogP) is 4.04. The van der Waals surface area contributed by atoms with Gasteiger partial charge in [-0.1, -0.05) is 0 Å². The van der Waals surface area contributed by atoms with E-state index in [0.717, 1.165) is 6.42 Å². The maximum atomic E-state index is 2.45. The molecule has 16 heavy (non-hydrogen) atoms. The van der Waals surface area contributed by atoms with Crippen LogP contribution in [-0.2, 0) is 11.8 Å². The molecule has 1 aromatic heterocycles. The molecule has 0 atom stereocenters. The molecule has 0 fully saturated rings. The summed E-state index contributed by atoms with van der Waals surface area (Å²) in [5, 5.41) is 1.48. The molecule has 1 heterocycles. The summed E-state index contributed by atoms with van der Waals surface area (Å²) in [5.41, 5.74) is 1.82. The third kappa shape index (κ3) is 2.21. The van der Waals surface area contributed by atoms with Crippen molar-refractivity contribution in [2.75, 3.05) is 0 Å². The summed E-state index contributed by atoms with van der Waals surface area (Å²) in [7, 11) is 0. The van der Waals surface area contributed by atoms with Crippen molar-refractivity contribution < 1.29 is 0 Å². The molecule has 0 radical (unpaired) electrons. The van der Waals surface area contributed by atoms with Gasteiger partial charge in [-0.05, 0) is 0 Å². The number of aryl methyl sites for hydroxylation is 1. The molecule has 0 aliphatic heterocycles. The van der Waals surface area contributed by atoms with E-state index in [9.17, 15) is 0 Å². The first-order valence-electron chi connectivity index (χ1n) is 5.87. The molecular weight excluding hydrogens is 259 g/mol. The second-order valence-corrected chi connectivity index (χ2v) is 7.51. The van der Waals surface area contributed by atoms with Gasteiger partial charge in [0.05, 0.1) is 0 Å². The molecule has 0 aliphatic carbocycles. The Morgan fingerprint density at radius 2 is 1.81 bits per heavy atom. The van der Waals surface area contributed by atoms with Gasteiger partial charge in [-0.15, -0.1) is 0 Å². The SMILES string of the molecule is CCc1cc(C(C)(C)C)[se+]c2ccccc12. The van der Waals surface area contributed by atoms with Gasteiger partial charge in [-0.2, -0.15) is 0 Å². The summed E-state index contributed by atoms with van der Waals surface area (Å²) >= 11 is 0.507. The summed E-state index contributed by atoms with van der Waals surface area (Å²) in [5.74, 6) is 0. The van der Waals surface area contributed by atoms with E-state index in [2.05, 4.69) is 58.0 Å². The Labute approximate surface area is 104 Å². The van der Waals surface area contributed by atoms with Crippen LogP contribution in [0, 0.1) is 0 Å². The van der Waals surface area contributed by atoms with E-state index in [1.807, 2.05) is 0 Å². The first-order valence-corrected chi connectivity index (χ1v) is 7.59. The first-order chi connectivity index (χ1) is 7.52. The van der Waals surface area contributed by atoms with Gasteiger partial charge in [0.2, 0.25) is 0 Å². The molecule has 0 bridgehead atoms. The quantitative estimate of drug-likeness (QED) is 0.691. The van der Waals surface area contributed by atoms with Crippen LogP contribution in [0.2, 0.25) is 0 Å². The Balaban J connectivity index is 2.73. The molecule has 2 rings (SSSR count). The van der Waals surface area contributed by atoms with Crippen LogP contribution in [0.4, 0.5) is 0 Å². The van der Waals surface area contributed by atoms with Gasteiger partial charge in [0.1, 0.15) is 0 Å². The minimum atomic E-state index is 0.313. The molecular formula is C15H19Se+. The summed E-state index contributed by atoms with van der Waals surface area (Å²) in [6, 6.07) is 11.3. The van der Waals surface area contributed by atoms with Gasteiger partial charge < -0.3 is 0 Å². The van der Waals surface area contributed by atoms with E-state index in [-0.39, 0.29) is 0 Å². The number of fused-ring (bicyclic) bond motifs is 1. The van der Waals surface area contributed by atoms with E-state index in [1.54, 1.807) is 8.70 Å². The molecule has 0 N–H and O–H groups in total. The zero-order valence-electron chi connectivity index (χ0n) is 10.5. The van der Waals surface area contributed by atoms with Crippen LogP contribution in [-0.4, -0.2) is 14.5 Å². The number of hydrogen-bond donors (Lipinski definition) is 0. The van der Waals surface area contributed by atoms with Crippen molar-refractivity contribution in [3.63, 3.8) is 0 Å². The average Bonchev–Trinajstić information content (AvgIpc) is 2.26. The van der Waals surface area contributed by atoms with Crippen molar-refractivity contribution in [3.05, 3.63) is 40.3 Å². The van der Waals surface area contributed by atoms with Gasteiger partial charge in [0.15, 0.2) is 0 Å². The first kappa shape index (κ1) is 11.8. The van der Waals surface area contributed by atoms with Gasteiger partial charge in [-0.3, -0.25) is 0 Å². The Kier molecular flexibility index (Phi) is 3.19. The molecule has 0 saturated carbocycles. The summed E-state index contributed by atoms with van der Waals surface area (Å²) in [6.07, 6.45) is 1.13. The van der Waals surface area contributed by atoms with Crippen LogP contribution in [0.25, 0.3) is 9.65 Å². The second-order valence-electron chi connectivity index (χ2n) is 5.24. The minimum absolute atomic E-state index is 0.313. The van der Waals surface area contributed by atoms with E-state index in [1.165, 1.54) is 10.9 Å². The van der Waals surface area contributed by atoms with Crippen molar-refractivity contribution in [2.24, 2.45) is 0 Å². The van der Waals surface area contributed by atoms with Crippen LogP contribution in [0.3, 0.4) is 0 Å². The van der Waals surface area contributed by atoms with E-state index in [0.29, 0.717) is 19.9 Å². The van der Waals surface area contributed by atoms with Gasteiger partial charge >= 0.3 is 104 Å². The van der Waals surface area contributed by atoms with Gasteiger partial charge in [-0.25, -0.2) is 0 Å². The van der Waals surface area contributed by atoms with Crippen LogP contribution in [0.15, 0.2) is 30.3 Å². The second kappa shape index (κ2) is 4.31. The van der Waals surface area contributed by atoms with Crippen LogP contribution in [0.1, 0.15) is 37.7 Å². The van der Waals surface area contributed by atoms with E-state index < -0.39 is 0 Å². The third-order valence-corrected chi connectivity index (χ3v) is 6.08. The van der Waals surface area contributed by atoms with Crippen molar-refractivity contribution in [2.45, 2.75) is 39.5 Å². The third-order valence-electron chi connectivity index (χ3n) is 2.88. The molecule has 0 aliphatic rings. The topological polar surface area (TPSA) is 0 Å². The normalized spacial score (nSPS) is 12.0. The van der Waals surface area contributed by atoms with Crippen molar-refractivity contribution >= 4 is 24.1 Å². The molecule has 1 heteroatoms. The Morgan fingerprint density at radius 1 is 1.12 bits per heavy atom. The monoisotopic (exact) mass is 279 g/mol. The van der Waals surface area contributed by atoms with Gasteiger partial charge in [0, 0.05) is 0 Å². The molecule has 2 aromatic rings. The molecule has 0 nitrogen and oxygen atoms in total. The molecule has 0 saturated heterocycles. The summed E-state index contributed by atoms with van der Waals surface area (Å²) < 4.78 is 3.18. The van der Waals surface area contributed by atoms with Crippen LogP contribution < -0.4 is 0 Å². The van der Waals surface area contributed by atoms with E-state index >= 15 is 0 Å². The maximum absolute atomic E-state index is 2.45. The zero-order valence-corrected chi connectivity index (χ0v) is 12.2. The van der Waals surface area contributed by atoms with Crippen molar-refractivity contribution in [3.8, 4) is 0 Å². The summed E-state index contributed by atoms with van der Waals surface area (Å²) in [6.45, 7) is 9.21. The van der Waals surface area contributed by atoms with Crippen LogP contribution in [0.5, 0.6) is 0 Å². The predicted molar refractivity (Wildman–Crippen MR) is 73.4 cm³/mol. The van der Waals surface area contributed by atoms with E-state index in [4.69, 9.17) is 0 Å². The fraction of sp³-hybridized carbons (Fsp3) is 0.400. The number of hydrogen-bond acceptors (Lipinski definition) is 0. The number of benzene rings is 1. The molecule has 0 unspecified atom stereocenters. The molecule has 84 valence electrons. The summed E-state index contributed by atoms with van der Waals surface area (Å²) in [4.78, 5) is 0. The Hall–Kier alpha value is -0.651. The van der Waals surface area contributed by atoms with Gasteiger partial charge in [0.25, 0.3) is 0 Å². The molecule has 0 spiro atoms. The zero-order chi connectivity index (χ0) is 11.8. The molecule has 1 aromatic carbocycles. The fourth-order valence-corrected chi connectivity index (χ4v) is 4.38. The van der Waals surface area contributed by atoms with Crippen molar-refractivity contribution in [1.82, 2.24) is 0 Å². The molecule has 0 amide bonds. The standard InChI is InChI=1S/C15H19Se/c1-5-11-10-14(15(2,3)4)16-13-9-7-6-8-12(11)13/h6-10H,5H2,1-4H3/q+1.